The number of carboxylic acid groups (broad SMARTS) is 1. The van der Waals surface area contributed by atoms with Gasteiger partial charge < -0.3 is 89.6 Å². The molecule has 0 bridgehead atoms. The Morgan fingerprint density at radius 2 is 1.26 bits per heavy atom. The predicted octanol–water partition coefficient (Wildman–Crippen LogP) is -1.96. The van der Waals surface area contributed by atoms with Crippen LogP contribution < -0.4 is 64.1 Å². The van der Waals surface area contributed by atoms with Crippen LogP contribution in [0.5, 0.6) is 5.75 Å². The quantitative estimate of drug-likeness (QED) is 0.0149. The Hall–Kier alpha value is -10.7. The average molecular weight is 1470 g/mol. The molecule has 0 radical (unpaired) electrons. The maximum absolute atomic E-state index is 15.4. The lowest BCUT2D eigenvalue weighted by Gasteiger charge is -2.34. The number of aliphatic hydroxyl groups excluding tert-OH is 4. The molecule has 0 saturated carbocycles. The number of aliphatic hydroxyl groups is 4. The number of tetrazole rings is 1. The maximum atomic E-state index is 15.4. The molecule has 19 N–H and O–H groups in total. The van der Waals surface area contributed by atoms with Crippen molar-refractivity contribution < 1.29 is 92.2 Å². The molecule has 0 aliphatic rings. The standard InChI is InChI=1S/C71H96FN15O18/c1-9-44-31-47(105-26-13-12-25-73)23-24-48(44)45-21-19-42(20-22-45)30-51(63(98)76-50(61(74)96)18-14-15-43-28-38(2)27-39(3)29-43)77-64(99)53(33-58(94)95)78-65(100)54(36-88)79-66(101)59(40(4)90)82-69(104)71(8,34-46-16-10-11-17-49(46)72)83-67(102)60(41(5)91)81-57(93)35-75-62(97)52(32-56-84-86-87-85-56)80-68(103)70(6,7)55(92)37-89/h10-11,16-17,19-24,27-29,31,40-41,50-54,59-60,88-91H,9,12-15,18,25-26,30,32-37,73H2,1-8H3,(H2,74,96)(H,75,97)(H,76,98)(H,77,99)(H,78,100)(H,79,101)(H,80,103)(H,81,93)(H,82,104)(H,83,102)(H,94,95)(H,84,85,86,87)/t40-,41-,50+,51+,52+,53+,54+,59+,60+,71+/m1/s1. The van der Waals surface area contributed by atoms with Gasteiger partial charge in [-0.05, 0) is 145 Å². The van der Waals surface area contributed by atoms with Crippen LogP contribution in [0, 0.1) is 25.1 Å². The minimum Gasteiger partial charge on any atom is -0.494 e. The van der Waals surface area contributed by atoms with Crippen molar-refractivity contribution in [1.29, 1.82) is 0 Å². The van der Waals surface area contributed by atoms with Crippen molar-refractivity contribution >= 4 is 70.8 Å². The number of aromatic amines is 1. The van der Waals surface area contributed by atoms with Crippen LogP contribution in [0.2, 0.25) is 0 Å². The number of hydrogen-bond donors (Lipinski definition) is 17. The van der Waals surface area contributed by atoms with Crippen molar-refractivity contribution in [1.82, 2.24) is 68.5 Å². The highest BCUT2D eigenvalue weighted by atomic mass is 19.1. The number of aromatic nitrogens is 4. The Morgan fingerprint density at radius 3 is 1.85 bits per heavy atom. The highest BCUT2D eigenvalue weighted by Gasteiger charge is 2.43. The summed E-state index contributed by atoms with van der Waals surface area (Å²) in [5, 5.41) is 85.8. The molecule has 33 nitrogen and oxygen atoms in total. The average Bonchev–Trinajstić information content (AvgIpc) is 1.07. The van der Waals surface area contributed by atoms with Crippen molar-refractivity contribution in [3.63, 3.8) is 0 Å². The predicted molar refractivity (Wildman–Crippen MR) is 376 cm³/mol. The van der Waals surface area contributed by atoms with Crippen LogP contribution in [0.15, 0.2) is 84.9 Å². The van der Waals surface area contributed by atoms with Crippen LogP contribution in [0.3, 0.4) is 0 Å². The van der Waals surface area contributed by atoms with Crippen molar-refractivity contribution in [2.45, 2.75) is 180 Å². The van der Waals surface area contributed by atoms with E-state index >= 15 is 4.39 Å². The Bertz CT molecular complexity index is 3840. The fourth-order valence-corrected chi connectivity index (χ4v) is 11.1. The molecule has 0 saturated heterocycles. The van der Waals surface area contributed by atoms with E-state index in [1.54, 1.807) is 24.3 Å². The first kappa shape index (κ1) is 85.0. The lowest BCUT2D eigenvalue weighted by atomic mass is 9.87. The number of carbonyl (C=O) groups excluding carboxylic acids is 11. The first-order valence-electron chi connectivity index (χ1n) is 34.1. The third kappa shape index (κ3) is 25.9. The number of ether oxygens (including phenoxy) is 1. The number of halogens is 1. The number of carbonyl (C=O) groups is 12. The lowest BCUT2D eigenvalue weighted by molar-refractivity contribution is -0.143. The van der Waals surface area contributed by atoms with E-state index in [2.05, 4.69) is 68.5 Å². The molecule has 1 heterocycles. The second-order valence-corrected chi connectivity index (χ2v) is 26.3. The molecule has 0 fully saturated rings. The molecule has 0 aliphatic carbocycles. The zero-order valence-electron chi connectivity index (χ0n) is 59.8. The summed E-state index contributed by atoms with van der Waals surface area (Å²) in [7, 11) is 0. The van der Waals surface area contributed by atoms with Gasteiger partial charge in [-0.1, -0.05) is 90.0 Å². The minimum absolute atomic E-state index is 0.0765. The second-order valence-electron chi connectivity index (χ2n) is 26.3. The maximum Gasteiger partial charge on any atom is 0.305 e. The number of aliphatic carboxylic acids is 1. The molecule has 4 aromatic carbocycles. The van der Waals surface area contributed by atoms with Crippen LogP contribution in [0.25, 0.3) is 11.1 Å². The molecule has 0 spiro atoms. The molecule has 1 aromatic heterocycles. The van der Waals surface area contributed by atoms with E-state index in [1.165, 1.54) is 32.0 Å². The van der Waals surface area contributed by atoms with Crippen molar-refractivity contribution in [3.8, 4) is 16.9 Å². The third-order valence-electron chi connectivity index (χ3n) is 17.2. The number of nitrogens with one attached hydrogen (secondary N) is 10. The van der Waals surface area contributed by atoms with Crippen LogP contribution in [-0.2, 0) is 89.6 Å². The Balaban J connectivity index is 1.36. The van der Waals surface area contributed by atoms with Gasteiger partial charge in [-0.3, -0.25) is 57.5 Å². The molecule has 570 valence electrons. The number of nitrogens with two attached hydrogens (primary N) is 2. The molecule has 10 atom stereocenters. The van der Waals surface area contributed by atoms with E-state index in [1.807, 2.05) is 57.2 Å². The van der Waals surface area contributed by atoms with Gasteiger partial charge in [0.1, 0.15) is 71.4 Å². The number of carboxylic acids is 1. The monoisotopic (exact) mass is 1470 g/mol. The van der Waals surface area contributed by atoms with Crippen LogP contribution >= 0.6 is 0 Å². The summed E-state index contributed by atoms with van der Waals surface area (Å²) in [5.74, 6) is -14.6. The van der Waals surface area contributed by atoms with E-state index in [9.17, 15) is 83.1 Å². The first-order chi connectivity index (χ1) is 49.6. The summed E-state index contributed by atoms with van der Waals surface area (Å²) in [5.41, 5.74) is 13.2. The van der Waals surface area contributed by atoms with Gasteiger partial charge >= 0.3 is 5.97 Å². The number of nitrogens with zero attached hydrogens (tertiary/aromatic N) is 3. The van der Waals surface area contributed by atoms with Gasteiger partial charge in [0.25, 0.3) is 0 Å². The zero-order valence-corrected chi connectivity index (χ0v) is 59.8. The van der Waals surface area contributed by atoms with Gasteiger partial charge in [0.2, 0.25) is 59.1 Å². The topological polar surface area (TPSA) is 530 Å². The third-order valence-corrected chi connectivity index (χ3v) is 17.2. The highest BCUT2D eigenvalue weighted by Crippen LogP contribution is 2.29. The van der Waals surface area contributed by atoms with Gasteiger partial charge in [-0.15, -0.1) is 10.2 Å². The Labute approximate surface area is 605 Å². The molecular formula is C71H96FN15O18. The van der Waals surface area contributed by atoms with E-state index < -0.39 is 181 Å². The van der Waals surface area contributed by atoms with Crippen molar-refractivity contribution in [3.05, 3.63) is 130 Å². The summed E-state index contributed by atoms with van der Waals surface area (Å²) >= 11 is 0. The van der Waals surface area contributed by atoms with Crippen LogP contribution in [-0.4, -0.2) is 210 Å². The molecule has 5 rings (SSSR count). The largest absolute Gasteiger partial charge is 0.494 e. The Kier molecular flexibility index (Phi) is 32.7. The van der Waals surface area contributed by atoms with Gasteiger partial charge in [0, 0.05) is 19.3 Å². The van der Waals surface area contributed by atoms with Gasteiger partial charge in [0.15, 0.2) is 11.6 Å². The van der Waals surface area contributed by atoms with E-state index in [4.69, 9.17) is 16.2 Å². The number of aryl methyl sites for hydroxylation is 4. The van der Waals surface area contributed by atoms with Crippen LogP contribution in [0.1, 0.15) is 113 Å². The number of ketones is 1. The van der Waals surface area contributed by atoms with Crippen LogP contribution in [0.4, 0.5) is 4.39 Å². The summed E-state index contributed by atoms with van der Waals surface area (Å²) in [4.78, 5) is 164. The molecule has 0 aliphatic heterocycles. The number of H-pyrrole nitrogens is 1. The van der Waals surface area contributed by atoms with E-state index in [0.29, 0.717) is 43.7 Å². The zero-order chi connectivity index (χ0) is 77.9. The summed E-state index contributed by atoms with van der Waals surface area (Å²) in [6.07, 6.45) is -3.04. The minimum atomic E-state index is -2.40. The molecular weight excluding hydrogens is 1370 g/mol. The molecule has 5 aromatic rings. The van der Waals surface area contributed by atoms with Gasteiger partial charge in [0.05, 0.1) is 38.4 Å². The first-order valence-corrected chi connectivity index (χ1v) is 34.1. The van der Waals surface area contributed by atoms with Crippen molar-refractivity contribution in [2.24, 2.45) is 16.9 Å². The molecule has 0 unspecified atom stereocenters. The molecule has 34 heteroatoms. The smallest absolute Gasteiger partial charge is 0.305 e. The summed E-state index contributed by atoms with van der Waals surface area (Å²) in [6.45, 7) is 9.19. The number of unbranched alkanes of at least 4 members (excludes halogenated alkanes) is 1. The lowest BCUT2D eigenvalue weighted by Crippen LogP contribution is -2.67. The van der Waals surface area contributed by atoms with E-state index in [0.717, 1.165) is 73.1 Å². The normalized spacial score (nSPS) is 14.5. The fourth-order valence-electron chi connectivity index (χ4n) is 11.1. The second kappa shape index (κ2) is 40.4. The fraction of sp³-hybridized carbons (Fsp3) is 0.479. The number of rotatable bonds is 43. The number of hydrogen-bond acceptors (Lipinski definition) is 21. The van der Waals surface area contributed by atoms with Gasteiger partial charge in [-0.2, -0.15) is 5.21 Å². The number of amides is 10. The molecule has 10 amide bonds. The van der Waals surface area contributed by atoms with Gasteiger partial charge in [-0.25, -0.2) is 4.39 Å². The SMILES string of the molecule is CCc1cc(OCCCCN)ccc1-c1ccc(C[C@H](NC(=O)[C@H](CC(=O)O)NC(=O)[C@H](CO)NC(=O)[C@@H](NC(=O)[C@](C)(Cc2ccccc2F)NC(=O)[C@@H](NC(=O)CNC(=O)[C@H](Cc2nn[nH]n2)NC(=O)C(C)(C)C(=O)CO)[C@@H](C)O)[C@@H](C)O)C(=O)N[C@@H](CCCc2cc(C)cc(C)c2)C(N)=O)cc1. The number of Topliss-reactive ketones (excluding diaryl/α,β-unsaturated/α-hetero) is 1. The Morgan fingerprint density at radius 1 is 0.648 bits per heavy atom. The van der Waals surface area contributed by atoms with Crippen molar-refractivity contribution in [2.75, 3.05) is 32.9 Å². The summed E-state index contributed by atoms with van der Waals surface area (Å²) in [6, 6.07) is 11.0. The number of benzene rings is 4. The number of primary amides is 1. The highest BCUT2D eigenvalue weighted by molar-refractivity contribution is 6.07. The van der Waals surface area contributed by atoms with E-state index in [-0.39, 0.29) is 24.2 Å². The summed E-state index contributed by atoms with van der Waals surface area (Å²) < 4.78 is 21.4. The molecule has 105 heavy (non-hydrogen) atoms.